The third-order valence-electron chi connectivity index (χ3n) is 6.56. The first-order valence-electron chi connectivity index (χ1n) is 11.2. The lowest BCUT2D eigenvalue weighted by molar-refractivity contribution is -0.137. The number of thiazole rings is 1. The van der Waals surface area contributed by atoms with Crippen LogP contribution in [0.15, 0.2) is 59.4 Å². The maximum atomic E-state index is 13.1. The number of rotatable bonds is 6. The van der Waals surface area contributed by atoms with E-state index in [0.717, 1.165) is 18.7 Å². The summed E-state index contributed by atoms with van der Waals surface area (Å²) in [7, 11) is 0. The summed E-state index contributed by atoms with van der Waals surface area (Å²) >= 11 is 1.38. The summed E-state index contributed by atoms with van der Waals surface area (Å²) < 4.78 is 39.0. The minimum atomic E-state index is -4.41. The van der Waals surface area contributed by atoms with Crippen LogP contribution in [0.25, 0.3) is 11.1 Å². The fourth-order valence-electron chi connectivity index (χ4n) is 4.63. The minimum absolute atomic E-state index is 0.00850. The molecule has 0 saturated carbocycles. The summed E-state index contributed by atoms with van der Waals surface area (Å²) in [5.74, 6) is -0.179. The number of hydrogen-bond acceptors (Lipinski definition) is 6. The monoisotopic (exact) mass is 500 g/mol. The molecule has 1 atom stereocenters. The second kappa shape index (κ2) is 9.18. The molecule has 6 nitrogen and oxygen atoms in total. The highest BCUT2D eigenvalue weighted by Crippen LogP contribution is 2.32. The smallest absolute Gasteiger partial charge is 0.335 e. The molecule has 2 fully saturated rings. The zero-order valence-corrected chi connectivity index (χ0v) is 19.5. The molecular formula is C25H23F3N4O2S. The summed E-state index contributed by atoms with van der Waals surface area (Å²) in [6.45, 7) is 2.20. The van der Waals surface area contributed by atoms with Gasteiger partial charge in [-0.25, -0.2) is 4.98 Å². The van der Waals surface area contributed by atoms with Crippen LogP contribution in [-0.4, -0.2) is 59.3 Å². The summed E-state index contributed by atoms with van der Waals surface area (Å²) in [4.78, 5) is 31.8. The second-order valence-electron chi connectivity index (χ2n) is 8.92. The molecule has 0 bridgehead atoms. The molecule has 3 aromatic rings. The number of ketones is 1. The number of carbonyl (C=O) groups excluding carboxylic acids is 2. The molecule has 2 aliphatic heterocycles. The number of halogens is 3. The molecule has 0 unspecified atom stereocenters. The van der Waals surface area contributed by atoms with Crippen LogP contribution in [0.2, 0.25) is 0 Å². The quantitative estimate of drug-likeness (QED) is 0.503. The highest BCUT2D eigenvalue weighted by atomic mass is 32.1. The van der Waals surface area contributed by atoms with Gasteiger partial charge in [0.15, 0.2) is 0 Å². The van der Waals surface area contributed by atoms with Crippen LogP contribution in [0.1, 0.15) is 32.8 Å². The molecule has 3 heterocycles. The Balaban J connectivity index is 1.22. The Morgan fingerprint density at radius 1 is 1.11 bits per heavy atom. The number of benzene rings is 2. The Bertz CT molecular complexity index is 1220. The van der Waals surface area contributed by atoms with Gasteiger partial charge in [0.2, 0.25) is 5.78 Å². The fourth-order valence-corrected chi connectivity index (χ4v) is 5.17. The molecule has 10 heteroatoms. The fraction of sp³-hybridized carbons (Fsp3) is 0.320. The average molecular weight is 501 g/mol. The van der Waals surface area contributed by atoms with Crippen molar-refractivity contribution >= 4 is 23.0 Å². The Morgan fingerprint density at radius 3 is 2.51 bits per heavy atom. The lowest BCUT2D eigenvalue weighted by atomic mass is 9.89. The molecular weight excluding hydrogens is 477 g/mol. The second-order valence-corrected chi connectivity index (χ2v) is 9.64. The highest BCUT2D eigenvalue weighted by molar-refractivity contribution is 7.07. The van der Waals surface area contributed by atoms with Gasteiger partial charge in [0.25, 0.3) is 5.91 Å². The summed E-state index contributed by atoms with van der Waals surface area (Å²) in [6.07, 6.45) is -3.75. The van der Waals surface area contributed by atoms with Crippen molar-refractivity contribution in [3.05, 3.63) is 76.2 Å². The minimum Gasteiger partial charge on any atom is -0.335 e. The largest absolute Gasteiger partial charge is 0.416 e. The van der Waals surface area contributed by atoms with E-state index in [4.69, 9.17) is 0 Å². The van der Waals surface area contributed by atoms with Gasteiger partial charge < -0.3 is 10.2 Å². The maximum absolute atomic E-state index is 13.1. The number of nitrogens with one attached hydrogen (secondary N) is 2. The Kier molecular flexibility index (Phi) is 6.20. The van der Waals surface area contributed by atoms with Gasteiger partial charge in [0.05, 0.1) is 16.6 Å². The van der Waals surface area contributed by atoms with Crippen LogP contribution in [0.4, 0.5) is 13.2 Å². The number of alkyl halides is 3. The molecule has 1 amide bonds. The van der Waals surface area contributed by atoms with Crippen LogP contribution in [0.3, 0.4) is 0 Å². The summed E-state index contributed by atoms with van der Waals surface area (Å²) in [6, 6.07) is 11.7. The predicted molar refractivity (Wildman–Crippen MR) is 126 cm³/mol. The third-order valence-corrected chi connectivity index (χ3v) is 7.15. The lowest BCUT2D eigenvalue weighted by Gasteiger charge is -2.44. The van der Waals surface area contributed by atoms with Crippen molar-refractivity contribution in [1.29, 1.82) is 0 Å². The van der Waals surface area contributed by atoms with E-state index in [0.29, 0.717) is 48.4 Å². The van der Waals surface area contributed by atoms with Crippen molar-refractivity contribution in [2.24, 2.45) is 0 Å². The van der Waals surface area contributed by atoms with Gasteiger partial charge in [0, 0.05) is 36.6 Å². The highest BCUT2D eigenvalue weighted by Gasteiger charge is 2.46. The van der Waals surface area contributed by atoms with Crippen molar-refractivity contribution in [2.45, 2.75) is 24.2 Å². The number of amides is 1. The van der Waals surface area contributed by atoms with Gasteiger partial charge in [-0.3, -0.25) is 14.9 Å². The Hall–Kier alpha value is -3.08. The van der Waals surface area contributed by atoms with Gasteiger partial charge in [-0.1, -0.05) is 24.3 Å². The number of likely N-dealkylation sites (tertiary alicyclic amines) is 1. The van der Waals surface area contributed by atoms with E-state index >= 15 is 0 Å². The van der Waals surface area contributed by atoms with Crippen molar-refractivity contribution in [2.75, 3.05) is 26.2 Å². The Morgan fingerprint density at radius 2 is 1.89 bits per heavy atom. The van der Waals surface area contributed by atoms with E-state index in [1.54, 1.807) is 46.1 Å². The van der Waals surface area contributed by atoms with Crippen LogP contribution in [-0.2, 0) is 6.18 Å². The molecule has 5 rings (SSSR count). The third kappa shape index (κ3) is 4.73. The molecule has 1 aromatic heterocycles. The van der Waals surface area contributed by atoms with Gasteiger partial charge in [-0.05, 0) is 48.4 Å². The molecule has 2 saturated heterocycles. The van der Waals surface area contributed by atoms with E-state index in [1.807, 2.05) is 0 Å². The number of Topliss-reactive ketones (excluding diaryl/α,β-unsaturated/α-hetero) is 1. The molecule has 182 valence electrons. The molecule has 0 radical (unpaired) electrons. The van der Waals surface area contributed by atoms with Crippen molar-refractivity contribution in [1.82, 2.24) is 20.5 Å². The van der Waals surface area contributed by atoms with Crippen molar-refractivity contribution < 1.29 is 22.8 Å². The van der Waals surface area contributed by atoms with Gasteiger partial charge >= 0.3 is 6.18 Å². The van der Waals surface area contributed by atoms with E-state index in [1.165, 1.54) is 17.4 Å². The zero-order valence-electron chi connectivity index (χ0n) is 18.6. The zero-order chi connectivity index (χ0) is 24.6. The summed E-state index contributed by atoms with van der Waals surface area (Å²) in [5.41, 5.74) is 2.18. The van der Waals surface area contributed by atoms with Gasteiger partial charge in [0.1, 0.15) is 5.69 Å². The van der Waals surface area contributed by atoms with E-state index in [2.05, 4.69) is 15.6 Å². The first-order valence-corrected chi connectivity index (χ1v) is 12.2. The molecule has 0 spiro atoms. The van der Waals surface area contributed by atoms with Crippen LogP contribution in [0, 0.1) is 0 Å². The molecule has 2 aromatic carbocycles. The molecule has 2 aliphatic rings. The number of aromatic nitrogens is 1. The number of hydrogen-bond donors (Lipinski definition) is 2. The van der Waals surface area contributed by atoms with E-state index in [-0.39, 0.29) is 17.7 Å². The first kappa shape index (κ1) is 23.7. The van der Waals surface area contributed by atoms with E-state index in [9.17, 15) is 22.8 Å². The molecule has 2 N–H and O–H groups in total. The normalized spacial score (nSPS) is 20.6. The first-order chi connectivity index (χ1) is 16.7. The predicted octanol–water partition coefficient (Wildman–Crippen LogP) is 3.86. The van der Waals surface area contributed by atoms with Crippen LogP contribution < -0.4 is 10.6 Å². The number of nitrogens with zero attached hydrogens (tertiary/aromatic N) is 2. The molecule has 0 aliphatic carbocycles. The molecule has 35 heavy (non-hydrogen) atoms. The Labute approximate surface area is 204 Å². The maximum Gasteiger partial charge on any atom is 0.416 e. The van der Waals surface area contributed by atoms with Crippen LogP contribution in [0.5, 0.6) is 0 Å². The average Bonchev–Trinajstić information content (AvgIpc) is 3.53. The topological polar surface area (TPSA) is 74.3 Å². The standard InChI is InChI=1S/C25H23F3N4O2S/c26-25(27,28)19-3-1-2-18(10-19)16-4-6-17(7-5-16)23(34)32-11-20(12-32)31-24(8-9-29-14-24)22(33)21-13-35-15-30-21/h1-7,10,13,15,20,29,31H,8-9,11-12,14H2/t24-/m0/s1. The lowest BCUT2D eigenvalue weighted by Crippen LogP contribution is -2.67. The number of carbonyl (C=O) groups is 2. The van der Waals surface area contributed by atoms with Crippen LogP contribution >= 0.6 is 11.3 Å². The van der Waals surface area contributed by atoms with Gasteiger partial charge in [-0.15, -0.1) is 11.3 Å². The summed E-state index contributed by atoms with van der Waals surface area (Å²) in [5, 5.41) is 8.47. The van der Waals surface area contributed by atoms with Crippen molar-refractivity contribution in [3.63, 3.8) is 0 Å². The SMILES string of the molecule is O=C(c1ccc(-c2cccc(C(F)(F)F)c2)cc1)N1CC(N[C@@]2(C(=O)c3cscn3)CCNC2)C1. The van der Waals surface area contributed by atoms with E-state index < -0.39 is 17.3 Å². The van der Waals surface area contributed by atoms with Crippen molar-refractivity contribution in [3.8, 4) is 11.1 Å². The van der Waals surface area contributed by atoms with Gasteiger partial charge in [-0.2, -0.15) is 13.2 Å².